The number of halogens is 1. The topological polar surface area (TPSA) is 91.1 Å². The van der Waals surface area contributed by atoms with Crippen LogP contribution in [0.1, 0.15) is 6.42 Å². The SMILES string of the molecule is COCC(=O)N1CCO[C@](COc2ccc(F)cc2)(CC(N)=O)C1. The lowest BCUT2D eigenvalue weighted by Gasteiger charge is -2.41. The fourth-order valence-electron chi connectivity index (χ4n) is 2.58. The normalized spacial score (nSPS) is 20.7. The molecule has 2 N–H and O–H groups in total. The highest BCUT2D eigenvalue weighted by Gasteiger charge is 2.40. The molecule has 2 amide bonds. The average Bonchev–Trinajstić information content (AvgIpc) is 2.54. The van der Waals surface area contributed by atoms with Crippen LogP contribution in [0.5, 0.6) is 5.75 Å². The van der Waals surface area contributed by atoms with Gasteiger partial charge in [0.25, 0.3) is 0 Å². The van der Waals surface area contributed by atoms with E-state index in [9.17, 15) is 14.0 Å². The first kappa shape index (κ1) is 18.2. The second-order valence-electron chi connectivity index (χ2n) is 5.67. The molecule has 1 aromatic rings. The number of primary amides is 1. The third-order valence-corrected chi connectivity index (χ3v) is 3.68. The van der Waals surface area contributed by atoms with E-state index in [1.54, 1.807) is 4.90 Å². The van der Waals surface area contributed by atoms with E-state index < -0.39 is 11.5 Å². The lowest BCUT2D eigenvalue weighted by molar-refractivity contribution is -0.164. The van der Waals surface area contributed by atoms with Crippen molar-refractivity contribution in [2.45, 2.75) is 12.0 Å². The molecule has 0 aromatic heterocycles. The molecular formula is C16H21FN2O5. The van der Waals surface area contributed by atoms with Gasteiger partial charge in [-0.25, -0.2) is 4.39 Å². The number of nitrogens with zero attached hydrogens (tertiary/aromatic N) is 1. The molecule has 0 radical (unpaired) electrons. The first-order valence-corrected chi connectivity index (χ1v) is 7.51. The molecule has 1 fully saturated rings. The smallest absolute Gasteiger partial charge is 0.248 e. The zero-order valence-electron chi connectivity index (χ0n) is 13.5. The Kier molecular flexibility index (Phi) is 6.10. The van der Waals surface area contributed by atoms with Crippen molar-refractivity contribution in [1.82, 2.24) is 4.90 Å². The number of benzene rings is 1. The van der Waals surface area contributed by atoms with Gasteiger partial charge in [0, 0.05) is 13.7 Å². The Bertz CT molecular complexity index is 580. The number of morpholine rings is 1. The van der Waals surface area contributed by atoms with Crippen LogP contribution >= 0.6 is 0 Å². The highest BCUT2D eigenvalue weighted by molar-refractivity contribution is 5.78. The van der Waals surface area contributed by atoms with Crippen LogP contribution in [0.3, 0.4) is 0 Å². The molecule has 8 heteroatoms. The van der Waals surface area contributed by atoms with Crippen LogP contribution < -0.4 is 10.5 Å². The summed E-state index contributed by atoms with van der Waals surface area (Å²) in [6.45, 7) is 0.790. The molecule has 1 aromatic carbocycles. The van der Waals surface area contributed by atoms with Crippen molar-refractivity contribution in [1.29, 1.82) is 0 Å². The maximum atomic E-state index is 12.9. The number of carbonyl (C=O) groups is 2. The van der Waals surface area contributed by atoms with Crippen molar-refractivity contribution >= 4 is 11.8 Å². The van der Waals surface area contributed by atoms with Gasteiger partial charge in [0.15, 0.2) is 0 Å². The van der Waals surface area contributed by atoms with Crippen LogP contribution in [0, 0.1) is 5.82 Å². The van der Waals surface area contributed by atoms with Gasteiger partial charge in [-0.1, -0.05) is 0 Å². The second kappa shape index (κ2) is 8.07. The predicted molar refractivity (Wildman–Crippen MR) is 82.8 cm³/mol. The standard InChI is InChI=1S/C16H21FN2O5/c1-22-9-15(21)19-6-7-24-16(10-19,8-14(18)20)11-23-13-4-2-12(17)3-5-13/h2-5H,6-11H2,1H3,(H2,18,20)/t16-/m1/s1. The number of amides is 2. The Morgan fingerprint density at radius 2 is 2.08 bits per heavy atom. The van der Waals surface area contributed by atoms with Gasteiger partial charge >= 0.3 is 0 Å². The van der Waals surface area contributed by atoms with Gasteiger partial charge in [-0.2, -0.15) is 0 Å². The summed E-state index contributed by atoms with van der Waals surface area (Å²) in [5, 5.41) is 0. The minimum Gasteiger partial charge on any atom is -0.490 e. The van der Waals surface area contributed by atoms with Gasteiger partial charge in [0.2, 0.25) is 11.8 Å². The number of hydrogen-bond donors (Lipinski definition) is 1. The van der Waals surface area contributed by atoms with Gasteiger partial charge < -0.3 is 24.8 Å². The molecule has 0 aliphatic carbocycles. The lowest BCUT2D eigenvalue weighted by atomic mass is 9.97. The summed E-state index contributed by atoms with van der Waals surface area (Å²) >= 11 is 0. The molecule has 1 aliphatic heterocycles. The number of nitrogens with two attached hydrogens (primary N) is 1. The van der Waals surface area contributed by atoms with Gasteiger partial charge in [0.1, 0.15) is 30.4 Å². The van der Waals surface area contributed by atoms with Crippen molar-refractivity contribution in [3.8, 4) is 5.75 Å². The van der Waals surface area contributed by atoms with E-state index in [1.807, 2.05) is 0 Å². The Labute approximate surface area is 139 Å². The van der Waals surface area contributed by atoms with Gasteiger partial charge in [0.05, 0.1) is 19.6 Å². The number of ether oxygens (including phenoxy) is 3. The van der Waals surface area contributed by atoms with Gasteiger partial charge in [-0.3, -0.25) is 9.59 Å². The molecule has 132 valence electrons. The van der Waals surface area contributed by atoms with Crippen molar-refractivity contribution < 1.29 is 28.2 Å². The number of methoxy groups -OCH3 is 1. The number of hydrogen-bond acceptors (Lipinski definition) is 5. The minimum atomic E-state index is -1.04. The summed E-state index contributed by atoms with van der Waals surface area (Å²) in [4.78, 5) is 25.0. The summed E-state index contributed by atoms with van der Waals surface area (Å²) in [6.07, 6.45) is -0.0923. The van der Waals surface area contributed by atoms with Crippen LogP contribution in [-0.2, 0) is 19.1 Å². The Morgan fingerprint density at radius 3 is 2.71 bits per heavy atom. The third-order valence-electron chi connectivity index (χ3n) is 3.68. The number of rotatable bonds is 7. The monoisotopic (exact) mass is 340 g/mol. The average molecular weight is 340 g/mol. The molecule has 1 aliphatic rings. The van der Waals surface area contributed by atoms with E-state index in [1.165, 1.54) is 31.4 Å². The molecule has 0 spiro atoms. The van der Waals surface area contributed by atoms with Crippen LogP contribution in [-0.4, -0.2) is 62.3 Å². The highest BCUT2D eigenvalue weighted by Crippen LogP contribution is 2.24. The van der Waals surface area contributed by atoms with Gasteiger partial charge in [-0.05, 0) is 24.3 Å². The number of carbonyl (C=O) groups excluding carboxylic acids is 2. The van der Waals surface area contributed by atoms with E-state index >= 15 is 0 Å². The second-order valence-corrected chi connectivity index (χ2v) is 5.67. The molecule has 24 heavy (non-hydrogen) atoms. The molecule has 7 nitrogen and oxygen atoms in total. The maximum Gasteiger partial charge on any atom is 0.248 e. The molecule has 1 saturated heterocycles. The summed E-state index contributed by atoms with van der Waals surface area (Å²) in [5.74, 6) is -0.696. The molecule has 2 rings (SSSR count). The van der Waals surface area contributed by atoms with E-state index in [2.05, 4.69) is 0 Å². The summed E-state index contributed by atoms with van der Waals surface area (Å²) in [6, 6.07) is 5.49. The molecule has 0 saturated carbocycles. The largest absolute Gasteiger partial charge is 0.490 e. The first-order chi connectivity index (χ1) is 11.4. The first-order valence-electron chi connectivity index (χ1n) is 7.51. The Morgan fingerprint density at radius 1 is 1.38 bits per heavy atom. The van der Waals surface area contributed by atoms with E-state index in [-0.39, 0.29) is 44.5 Å². The summed E-state index contributed by atoms with van der Waals surface area (Å²) in [7, 11) is 1.44. The Hall–Kier alpha value is -2.19. The van der Waals surface area contributed by atoms with Crippen LogP contribution in [0.2, 0.25) is 0 Å². The van der Waals surface area contributed by atoms with Crippen molar-refractivity contribution in [2.75, 3.05) is 40.0 Å². The van der Waals surface area contributed by atoms with Crippen LogP contribution in [0.25, 0.3) is 0 Å². The van der Waals surface area contributed by atoms with Gasteiger partial charge in [-0.15, -0.1) is 0 Å². The van der Waals surface area contributed by atoms with E-state index in [4.69, 9.17) is 19.9 Å². The predicted octanol–water partition coefficient (Wildman–Crippen LogP) is 0.324. The molecular weight excluding hydrogens is 319 g/mol. The quantitative estimate of drug-likeness (QED) is 0.772. The van der Waals surface area contributed by atoms with Crippen molar-refractivity contribution in [3.05, 3.63) is 30.1 Å². The molecule has 1 heterocycles. The zero-order valence-corrected chi connectivity index (χ0v) is 13.5. The van der Waals surface area contributed by atoms with Crippen molar-refractivity contribution in [3.63, 3.8) is 0 Å². The fraction of sp³-hybridized carbons (Fsp3) is 0.500. The fourth-order valence-corrected chi connectivity index (χ4v) is 2.58. The minimum absolute atomic E-state index is 0.0122. The van der Waals surface area contributed by atoms with E-state index in [0.29, 0.717) is 12.3 Å². The summed E-state index contributed by atoms with van der Waals surface area (Å²) < 4.78 is 29.2. The Balaban J connectivity index is 2.08. The van der Waals surface area contributed by atoms with E-state index in [0.717, 1.165) is 0 Å². The third kappa shape index (κ3) is 4.90. The molecule has 0 bridgehead atoms. The lowest BCUT2D eigenvalue weighted by Crippen LogP contribution is -2.58. The van der Waals surface area contributed by atoms with Crippen LogP contribution in [0.4, 0.5) is 4.39 Å². The zero-order chi connectivity index (χ0) is 17.6. The molecule has 0 unspecified atom stereocenters. The van der Waals surface area contributed by atoms with Crippen molar-refractivity contribution in [2.24, 2.45) is 5.73 Å². The molecule has 1 atom stereocenters. The summed E-state index contributed by atoms with van der Waals surface area (Å²) in [5.41, 5.74) is 4.29. The van der Waals surface area contributed by atoms with Crippen LogP contribution in [0.15, 0.2) is 24.3 Å². The maximum absolute atomic E-state index is 12.9. The highest BCUT2D eigenvalue weighted by atomic mass is 19.1.